The van der Waals surface area contributed by atoms with Gasteiger partial charge in [-0.3, -0.25) is 4.98 Å². The van der Waals surface area contributed by atoms with Crippen molar-refractivity contribution >= 4 is 10.9 Å². The second kappa shape index (κ2) is 8.02. The predicted molar refractivity (Wildman–Crippen MR) is 103 cm³/mol. The average Bonchev–Trinajstić information content (AvgIpc) is 2.61. The van der Waals surface area contributed by atoms with Crippen molar-refractivity contribution in [3.63, 3.8) is 0 Å². The van der Waals surface area contributed by atoms with Crippen LogP contribution < -0.4 is 9.47 Å². The fourth-order valence-corrected chi connectivity index (χ4v) is 2.86. The summed E-state index contributed by atoms with van der Waals surface area (Å²) in [5.41, 5.74) is 3.38. The normalized spacial score (nSPS) is 11.0. The zero-order chi connectivity index (χ0) is 17.6. The molecule has 0 saturated carbocycles. The lowest BCUT2D eigenvalue weighted by Crippen LogP contribution is -2.07. The van der Waals surface area contributed by atoms with E-state index in [1.165, 1.54) is 11.1 Å². The first-order valence-corrected chi connectivity index (χ1v) is 8.85. The van der Waals surface area contributed by atoms with E-state index in [2.05, 4.69) is 44.0 Å². The van der Waals surface area contributed by atoms with Gasteiger partial charge in [-0.05, 0) is 42.2 Å². The first-order valence-electron chi connectivity index (χ1n) is 8.85. The molecule has 3 heteroatoms. The van der Waals surface area contributed by atoms with E-state index in [0.717, 1.165) is 28.8 Å². The number of benzene rings is 2. The number of hydrogen-bond donors (Lipinski definition) is 0. The summed E-state index contributed by atoms with van der Waals surface area (Å²) in [5, 5.41) is 1.09. The standard InChI is InChI=1S/C22H25NO2/c1-16(2)19-11-10-17(3)15-21(19)25-14-6-13-24-20-9-4-7-18-8-5-12-23-22(18)20/h4-5,7-12,15-16H,6,13-14H2,1-3H3. The number of aryl methyl sites for hydroxylation is 1. The molecule has 0 N–H and O–H groups in total. The Morgan fingerprint density at radius 3 is 2.48 bits per heavy atom. The molecule has 0 unspecified atom stereocenters. The van der Waals surface area contributed by atoms with Crippen LogP contribution in [0.2, 0.25) is 0 Å². The summed E-state index contributed by atoms with van der Waals surface area (Å²) in [6.07, 6.45) is 2.62. The minimum atomic E-state index is 0.452. The number of aromatic nitrogens is 1. The smallest absolute Gasteiger partial charge is 0.145 e. The predicted octanol–water partition coefficient (Wildman–Crippen LogP) is 5.51. The second-order valence-corrected chi connectivity index (χ2v) is 6.58. The van der Waals surface area contributed by atoms with E-state index in [1.807, 2.05) is 30.3 Å². The molecule has 25 heavy (non-hydrogen) atoms. The molecular formula is C22H25NO2. The number of rotatable bonds is 7. The van der Waals surface area contributed by atoms with Gasteiger partial charge >= 0.3 is 0 Å². The lowest BCUT2D eigenvalue weighted by atomic mass is 10.0. The molecule has 3 aromatic rings. The average molecular weight is 335 g/mol. The van der Waals surface area contributed by atoms with Crippen molar-refractivity contribution in [1.29, 1.82) is 0 Å². The number of pyridine rings is 1. The van der Waals surface area contributed by atoms with Crippen LogP contribution in [0.1, 0.15) is 37.3 Å². The van der Waals surface area contributed by atoms with E-state index in [1.54, 1.807) is 6.20 Å². The first-order chi connectivity index (χ1) is 12.1. The van der Waals surface area contributed by atoms with Crippen LogP contribution in [-0.4, -0.2) is 18.2 Å². The van der Waals surface area contributed by atoms with Gasteiger partial charge in [0.15, 0.2) is 0 Å². The van der Waals surface area contributed by atoms with Crippen LogP contribution in [0.25, 0.3) is 10.9 Å². The van der Waals surface area contributed by atoms with Gasteiger partial charge in [0.05, 0.1) is 13.2 Å². The van der Waals surface area contributed by atoms with Crippen molar-refractivity contribution < 1.29 is 9.47 Å². The third kappa shape index (κ3) is 4.30. The molecule has 0 bridgehead atoms. The Hall–Kier alpha value is -2.55. The number of para-hydroxylation sites is 1. The highest BCUT2D eigenvalue weighted by Gasteiger charge is 2.08. The summed E-state index contributed by atoms with van der Waals surface area (Å²) in [7, 11) is 0. The van der Waals surface area contributed by atoms with Crippen LogP contribution >= 0.6 is 0 Å². The quantitative estimate of drug-likeness (QED) is 0.533. The molecular weight excluding hydrogens is 310 g/mol. The Bertz CT molecular complexity index is 837. The maximum atomic E-state index is 6.01. The molecule has 3 rings (SSSR count). The van der Waals surface area contributed by atoms with Crippen molar-refractivity contribution in [3.8, 4) is 11.5 Å². The Labute approximate surface area is 149 Å². The summed E-state index contributed by atoms with van der Waals surface area (Å²) < 4.78 is 11.9. The minimum Gasteiger partial charge on any atom is -0.493 e. The summed E-state index contributed by atoms with van der Waals surface area (Å²) in [5.74, 6) is 2.27. The number of hydrogen-bond acceptors (Lipinski definition) is 3. The molecule has 0 aliphatic carbocycles. The third-order valence-electron chi connectivity index (χ3n) is 4.19. The summed E-state index contributed by atoms with van der Waals surface area (Å²) >= 11 is 0. The molecule has 0 spiro atoms. The van der Waals surface area contributed by atoms with Gasteiger partial charge in [-0.25, -0.2) is 0 Å². The van der Waals surface area contributed by atoms with Crippen LogP contribution in [0.15, 0.2) is 54.7 Å². The molecule has 3 nitrogen and oxygen atoms in total. The molecule has 0 aliphatic rings. The van der Waals surface area contributed by atoms with Gasteiger partial charge in [-0.1, -0.05) is 44.2 Å². The summed E-state index contributed by atoms with van der Waals surface area (Å²) in [4.78, 5) is 4.41. The van der Waals surface area contributed by atoms with Gasteiger partial charge in [0.2, 0.25) is 0 Å². The zero-order valence-corrected chi connectivity index (χ0v) is 15.2. The lowest BCUT2D eigenvalue weighted by molar-refractivity contribution is 0.247. The molecule has 1 heterocycles. The number of fused-ring (bicyclic) bond motifs is 1. The second-order valence-electron chi connectivity index (χ2n) is 6.58. The summed E-state index contributed by atoms with van der Waals surface area (Å²) in [6, 6.07) is 16.4. The van der Waals surface area contributed by atoms with Gasteiger partial charge in [0.1, 0.15) is 17.0 Å². The van der Waals surface area contributed by atoms with Crippen LogP contribution in [0.5, 0.6) is 11.5 Å². The maximum absolute atomic E-state index is 6.01. The highest BCUT2D eigenvalue weighted by molar-refractivity contribution is 5.84. The van der Waals surface area contributed by atoms with E-state index in [9.17, 15) is 0 Å². The molecule has 0 fully saturated rings. The fourth-order valence-electron chi connectivity index (χ4n) is 2.86. The van der Waals surface area contributed by atoms with Gasteiger partial charge in [0, 0.05) is 18.0 Å². The van der Waals surface area contributed by atoms with Gasteiger partial charge in [-0.2, -0.15) is 0 Å². The molecule has 0 amide bonds. The molecule has 0 aliphatic heterocycles. The topological polar surface area (TPSA) is 31.4 Å². The Kier molecular flexibility index (Phi) is 5.54. The first kappa shape index (κ1) is 17.3. The Morgan fingerprint density at radius 2 is 1.68 bits per heavy atom. The molecule has 0 atom stereocenters. The highest BCUT2D eigenvalue weighted by atomic mass is 16.5. The molecule has 2 aromatic carbocycles. The van der Waals surface area contributed by atoms with Crippen LogP contribution in [-0.2, 0) is 0 Å². The molecule has 0 saturated heterocycles. The summed E-state index contributed by atoms with van der Waals surface area (Å²) in [6.45, 7) is 7.72. The van der Waals surface area contributed by atoms with Gasteiger partial charge in [0.25, 0.3) is 0 Å². The van der Waals surface area contributed by atoms with E-state index in [4.69, 9.17) is 9.47 Å². The van der Waals surface area contributed by atoms with E-state index < -0.39 is 0 Å². The van der Waals surface area contributed by atoms with Crippen molar-refractivity contribution in [3.05, 3.63) is 65.9 Å². The van der Waals surface area contributed by atoms with E-state index in [0.29, 0.717) is 19.1 Å². The van der Waals surface area contributed by atoms with Crippen molar-refractivity contribution in [2.24, 2.45) is 0 Å². The van der Waals surface area contributed by atoms with Gasteiger partial charge < -0.3 is 9.47 Å². The Morgan fingerprint density at radius 1 is 0.920 bits per heavy atom. The van der Waals surface area contributed by atoms with E-state index >= 15 is 0 Å². The number of ether oxygens (including phenoxy) is 2. The molecule has 1 aromatic heterocycles. The highest BCUT2D eigenvalue weighted by Crippen LogP contribution is 2.27. The van der Waals surface area contributed by atoms with Gasteiger partial charge in [-0.15, -0.1) is 0 Å². The van der Waals surface area contributed by atoms with Crippen molar-refractivity contribution in [2.75, 3.05) is 13.2 Å². The third-order valence-corrected chi connectivity index (χ3v) is 4.19. The number of nitrogens with zero attached hydrogens (tertiary/aromatic N) is 1. The SMILES string of the molecule is Cc1ccc(C(C)C)c(OCCCOc2cccc3cccnc23)c1. The fraction of sp³-hybridized carbons (Fsp3) is 0.318. The molecule has 0 radical (unpaired) electrons. The maximum Gasteiger partial charge on any atom is 0.145 e. The lowest BCUT2D eigenvalue weighted by Gasteiger charge is -2.15. The molecule has 130 valence electrons. The monoisotopic (exact) mass is 335 g/mol. The van der Waals surface area contributed by atoms with Crippen LogP contribution in [0.4, 0.5) is 0 Å². The van der Waals surface area contributed by atoms with Crippen LogP contribution in [0, 0.1) is 6.92 Å². The van der Waals surface area contributed by atoms with Crippen molar-refractivity contribution in [1.82, 2.24) is 4.98 Å². The minimum absolute atomic E-state index is 0.452. The zero-order valence-electron chi connectivity index (χ0n) is 15.2. The Balaban J connectivity index is 1.55. The largest absolute Gasteiger partial charge is 0.493 e. The van der Waals surface area contributed by atoms with Crippen LogP contribution in [0.3, 0.4) is 0 Å². The van der Waals surface area contributed by atoms with Crippen molar-refractivity contribution in [2.45, 2.75) is 33.1 Å². The van der Waals surface area contributed by atoms with E-state index in [-0.39, 0.29) is 0 Å².